The fourth-order valence-corrected chi connectivity index (χ4v) is 1.40. The number of nitrogens with one attached hydrogen (secondary N) is 1. The third kappa shape index (κ3) is 2.66. The first kappa shape index (κ1) is 11.3. The fraction of sp³-hybridized carbons (Fsp3) is 0.273. The molecule has 17 heavy (non-hydrogen) atoms. The van der Waals surface area contributed by atoms with Gasteiger partial charge in [-0.25, -0.2) is 0 Å². The summed E-state index contributed by atoms with van der Waals surface area (Å²) in [5.74, 6) is -0.0299. The van der Waals surface area contributed by atoms with Crippen molar-refractivity contribution in [1.82, 2.24) is 20.2 Å². The van der Waals surface area contributed by atoms with Crippen LogP contribution in [-0.4, -0.2) is 26.1 Å². The van der Waals surface area contributed by atoms with E-state index < -0.39 is 0 Å². The lowest BCUT2D eigenvalue weighted by atomic mass is 10.1. The Bertz CT molecular complexity index is 517. The molecule has 0 saturated carbocycles. The Balaban J connectivity index is 2.09. The third-order valence-corrected chi connectivity index (χ3v) is 2.36. The average Bonchev–Trinajstić information content (AvgIpc) is 2.75. The molecule has 2 aromatic rings. The van der Waals surface area contributed by atoms with Crippen molar-refractivity contribution >= 4 is 11.9 Å². The topological polar surface area (TPSA) is 72.7 Å². The number of hydrogen-bond acceptors (Lipinski definition) is 4. The number of rotatable bonds is 3. The van der Waals surface area contributed by atoms with E-state index in [4.69, 9.17) is 0 Å². The maximum Gasteiger partial charge on any atom is 0.270 e. The Hall–Kier alpha value is -2.24. The molecule has 6 heteroatoms. The van der Waals surface area contributed by atoms with Gasteiger partial charge in [0, 0.05) is 5.56 Å². The van der Waals surface area contributed by atoms with Crippen LogP contribution in [0.3, 0.4) is 0 Å². The van der Waals surface area contributed by atoms with Gasteiger partial charge in [-0.2, -0.15) is 4.80 Å². The van der Waals surface area contributed by atoms with Gasteiger partial charge in [0.15, 0.2) is 0 Å². The number of aromatic nitrogens is 4. The number of hydrogen-bond donors (Lipinski definition) is 1. The highest BCUT2D eigenvalue weighted by atomic mass is 16.1. The van der Waals surface area contributed by atoms with Crippen molar-refractivity contribution in [1.29, 1.82) is 0 Å². The zero-order valence-electron chi connectivity index (χ0n) is 9.71. The van der Waals surface area contributed by atoms with Crippen LogP contribution in [0, 0.1) is 0 Å². The standard InChI is InChI=1S/C11H13N5O/c1-3-8-4-6-9(7-5-8)10(17)12-11-13-15-16(2)14-11/h4-7H,3H2,1-2H3,(H,12,14,17). The molecular formula is C11H13N5O. The SMILES string of the molecule is CCc1ccc(C(=O)Nc2nnn(C)n2)cc1. The van der Waals surface area contributed by atoms with Crippen molar-refractivity contribution in [3.05, 3.63) is 35.4 Å². The molecule has 2 rings (SSSR count). The van der Waals surface area contributed by atoms with Crippen LogP contribution in [0.25, 0.3) is 0 Å². The molecule has 0 aliphatic rings. The number of tetrazole rings is 1. The van der Waals surface area contributed by atoms with E-state index in [2.05, 4.69) is 27.7 Å². The van der Waals surface area contributed by atoms with Gasteiger partial charge in [-0.3, -0.25) is 10.1 Å². The Morgan fingerprint density at radius 1 is 1.35 bits per heavy atom. The second-order valence-electron chi connectivity index (χ2n) is 3.61. The molecule has 1 amide bonds. The molecule has 0 atom stereocenters. The summed E-state index contributed by atoms with van der Waals surface area (Å²) in [6.07, 6.45) is 0.952. The summed E-state index contributed by atoms with van der Waals surface area (Å²) < 4.78 is 0. The van der Waals surface area contributed by atoms with Crippen molar-refractivity contribution < 1.29 is 4.79 Å². The van der Waals surface area contributed by atoms with E-state index in [0.717, 1.165) is 6.42 Å². The molecule has 1 heterocycles. The smallest absolute Gasteiger partial charge is 0.270 e. The molecule has 0 aliphatic heterocycles. The number of carbonyl (C=O) groups excluding carboxylic acids is 1. The number of anilines is 1. The van der Waals surface area contributed by atoms with Crippen molar-refractivity contribution in [3.8, 4) is 0 Å². The third-order valence-electron chi connectivity index (χ3n) is 2.36. The monoisotopic (exact) mass is 231 g/mol. The lowest BCUT2D eigenvalue weighted by molar-refractivity contribution is 0.102. The molecule has 1 aromatic carbocycles. The van der Waals surface area contributed by atoms with Crippen molar-refractivity contribution in [2.75, 3.05) is 5.32 Å². The van der Waals surface area contributed by atoms with Crippen LogP contribution < -0.4 is 5.32 Å². The van der Waals surface area contributed by atoms with Crippen LogP contribution in [0.5, 0.6) is 0 Å². The molecule has 88 valence electrons. The molecule has 0 radical (unpaired) electrons. The maximum atomic E-state index is 11.8. The molecule has 0 unspecified atom stereocenters. The number of nitrogens with zero attached hydrogens (tertiary/aromatic N) is 4. The van der Waals surface area contributed by atoms with Gasteiger partial charge >= 0.3 is 0 Å². The molecule has 6 nitrogen and oxygen atoms in total. The van der Waals surface area contributed by atoms with Crippen LogP contribution in [-0.2, 0) is 13.5 Å². The van der Waals surface area contributed by atoms with Gasteiger partial charge in [-0.1, -0.05) is 24.2 Å². The normalized spacial score (nSPS) is 10.2. The molecule has 1 aromatic heterocycles. The van der Waals surface area contributed by atoms with Crippen LogP contribution in [0.15, 0.2) is 24.3 Å². The summed E-state index contributed by atoms with van der Waals surface area (Å²) in [5, 5.41) is 13.8. The average molecular weight is 231 g/mol. The van der Waals surface area contributed by atoms with E-state index in [1.165, 1.54) is 10.4 Å². The Morgan fingerprint density at radius 3 is 2.59 bits per heavy atom. The van der Waals surface area contributed by atoms with Crippen LogP contribution in [0.4, 0.5) is 5.95 Å². The fourth-order valence-electron chi connectivity index (χ4n) is 1.40. The second kappa shape index (κ2) is 4.73. The van der Waals surface area contributed by atoms with E-state index in [1.54, 1.807) is 19.2 Å². The van der Waals surface area contributed by atoms with Crippen LogP contribution >= 0.6 is 0 Å². The highest BCUT2D eigenvalue weighted by Gasteiger charge is 2.08. The maximum absolute atomic E-state index is 11.8. The molecule has 0 aliphatic carbocycles. The van der Waals surface area contributed by atoms with Gasteiger partial charge in [0.05, 0.1) is 7.05 Å². The summed E-state index contributed by atoms with van der Waals surface area (Å²) in [6, 6.07) is 7.42. The van der Waals surface area contributed by atoms with Crippen LogP contribution in [0.1, 0.15) is 22.8 Å². The molecule has 0 bridgehead atoms. The molecule has 0 spiro atoms. The molecule has 1 N–H and O–H groups in total. The molecule has 0 fully saturated rings. The van der Waals surface area contributed by atoms with Gasteiger partial charge in [-0.15, -0.1) is 5.10 Å². The van der Waals surface area contributed by atoms with E-state index >= 15 is 0 Å². The lowest BCUT2D eigenvalue weighted by Crippen LogP contribution is -2.13. The minimum atomic E-state index is -0.236. The highest BCUT2D eigenvalue weighted by Crippen LogP contribution is 2.06. The lowest BCUT2D eigenvalue weighted by Gasteiger charge is -2.01. The largest absolute Gasteiger partial charge is 0.288 e. The van der Waals surface area contributed by atoms with Crippen molar-refractivity contribution in [2.45, 2.75) is 13.3 Å². The number of carbonyl (C=O) groups is 1. The zero-order chi connectivity index (χ0) is 12.3. The zero-order valence-corrected chi connectivity index (χ0v) is 9.71. The van der Waals surface area contributed by atoms with Gasteiger partial charge < -0.3 is 0 Å². The van der Waals surface area contributed by atoms with Crippen LogP contribution in [0.2, 0.25) is 0 Å². The van der Waals surface area contributed by atoms with E-state index in [0.29, 0.717) is 5.56 Å². The van der Waals surface area contributed by atoms with Gasteiger partial charge in [0.2, 0.25) is 0 Å². The first-order valence-corrected chi connectivity index (χ1v) is 5.33. The Labute approximate surface area is 98.6 Å². The first-order valence-electron chi connectivity index (χ1n) is 5.33. The Kier molecular flexibility index (Phi) is 3.13. The van der Waals surface area contributed by atoms with Crippen molar-refractivity contribution in [2.24, 2.45) is 7.05 Å². The first-order chi connectivity index (χ1) is 8.19. The minimum absolute atomic E-state index is 0.206. The van der Waals surface area contributed by atoms with E-state index in [1.807, 2.05) is 12.1 Å². The summed E-state index contributed by atoms with van der Waals surface area (Å²) in [5.41, 5.74) is 1.77. The second-order valence-corrected chi connectivity index (χ2v) is 3.61. The number of benzene rings is 1. The van der Waals surface area contributed by atoms with E-state index in [-0.39, 0.29) is 11.9 Å². The van der Waals surface area contributed by atoms with Gasteiger partial charge in [-0.05, 0) is 29.3 Å². The predicted molar refractivity (Wildman–Crippen MR) is 62.6 cm³/mol. The molecule has 0 saturated heterocycles. The summed E-state index contributed by atoms with van der Waals surface area (Å²) in [4.78, 5) is 13.1. The van der Waals surface area contributed by atoms with Crippen molar-refractivity contribution in [3.63, 3.8) is 0 Å². The quantitative estimate of drug-likeness (QED) is 0.856. The summed E-state index contributed by atoms with van der Waals surface area (Å²) in [6.45, 7) is 2.07. The summed E-state index contributed by atoms with van der Waals surface area (Å²) >= 11 is 0. The van der Waals surface area contributed by atoms with Gasteiger partial charge in [0.25, 0.3) is 11.9 Å². The minimum Gasteiger partial charge on any atom is -0.288 e. The predicted octanol–water partition coefficient (Wildman–Crippen LogP) is 1.02. The van der Waals surface area contributed by atoms with Gasteiger partial charge in [0.1, 0.15) is 0 Å². The highest BCUT2D eigenvalue weighted by molar-refractivity contribution is 6.03. The molecular weight excluding hydrogens is 218 g/mol. The number of aryl methyl sites for hydroxylation is 2. The Morgan fingerprint density at radius 2 is 2.06 bits per heavy atom. The summed E-state index contributed by atoms with van der Waals surface area (Å²) in [7, 11) is 1.64. The van der Waals surface area contributed by atoms with E-state index in [9.17, 15) is 4.79 Å². The number of amides is 1.